The van der Waals surface area contributed by atoms with Crippen molar-refractivity contribution in [1.82, 2.24) is 9.97 Å². The average molecular weight is 293 g/mol. The maximum absolute atomic E-state index is 12.2. The molecule has 6 nitrogen and oxygen atoms in total. The molecule has 7 heteroatoms. The monoisotopic (exact) mass is 292 g/mol. The highest BCUT2D eigenvalue weighted by Crippen LogP contribution is 2.24. The van der Waals surface area contributed by atoms with Crippen LogP contribution in [0.4, 0.5) is 11.6 Å². The van der Waals surface area contributed by atoms with Crippen molar-refractivity contribution >= 4 is 29.1 Å². The average Bonchev–Trinajstić information content (AvgIpc) is 2.36. The Morgan fingerprint density at radius 2 is 2.15 bits per heavy atom. The Balaban J connectivity index is 2.33. The first-order valence-corrected chi connectivity index (χ1v) is 6.14. The predicted molar refractivity (Wildman–Crippen MR) is 77.1 cm³/mol. The van der Waals surface area contributed by atoms with Gasteiger partial charge in [-0.15, -0.1) is 0 Å². The van der Waals surface area contributed by atoms with E-state index in [1.165, 1.54) is 7.11 Å². The number of carbonyl (C=O) groups is 1. The lowest BCUT2D eigenvalue weighted by Gasteiger charge is -2.11. The lowest BCUT2D eigenvalue weighted by atomic mass is 10.1. The summed E-state index contributed by atoms with van der Waals surface area (Å²) in [5, 5.41) is 2.80. The summed E-state index contributed by atoms with van der Waals surface area (Å²) in [4.78, 5) is 20.2. The van der Waals surface area contributed by atoms with Gasteiger partial charge in [0.25, 0.3) is 5.91 Å². The molecule has 0 spiro atoms. The van der Waals surface area contributed by atoms with Gasteiger partial charge in [0.1, 0.15) is 16.5 Å². The van der Waals surface area contributed by atoms with Crippen LogP contribution in [0.1, 0.15) is 16.1 Å². The van der Waals surface area contributed by atoms with Crippen molar-refractivity contribution in [3.63, 3.8) is 0 Å². The molecule has 2 aromatic rings. The number of halogens is 1. The smallest absolute Gasteiger partial charge is 0.263 e. The summed E-state index contributed by atoms with van der Waals surface area (Å²) in [5.41, 5.74) is 6.99. The van der Waals surface area contributed by atoms with Gasteiger partial charge in [0.15, 0.2) is 0 Å². The van der Waals surface area contributed by atoms with Crippen LogP contribution >= 0.6 is 11.6 Å². The van der Waals surface area contributed by atoms with Crippen molar-refractivity contribution in [3.05, 3.63) is 40.7 Å². The molecule has 20 heavy (non-hydrogen) atoms. The second kappa shape index (κ2) is 5.75. The number of ether oxygens (including phenoxy) is 1. The third-order valence-corrected chi connectivity index (χ3v) is 2.75. The van der Waals surface area contributed by atoms with E-state index in [9.17, 15) is 4.79 Å². The molecule has 0 saturated carbocycles. The number of methoxy groups -OCH3 is 1. The minimum atomic E-state index is -0.457. The molecular formula is C13H13ClN4O2. The zero-order chi connectivity index (χ0) is 14.7. The summed E-state index contributed by atoms with van der Waals surface area (Å²) < 4.78 is 5.12. The van der Waals surface area contributed by atoms with Gasteiger partial charge in [-0.1, -0.05) is 17.7 Å². The van der Waals surface area contributed by atoms with Gasteiger partial charge in [-0.25, -0.2) is 9.97 Å². The van der Waals surface area contributed by atoms with Crippen LogP contribution in [-0.4, -0.2) is 23.0 Å². The van der Waals surface area contributed by atoms with Gasteiger partial charge in [-0.05, 0) is 25.1 Å². The highest BCUT2D eigenvalue weighted by molar-refractivity contribution is 6.29. The lowest BCUT2D eigenvalue weighted by Crippen LogP contribution is -2.17. The van der Waals surface area contributed by atoms with E-state index in [0.29, 0.717) is 17.1 Å². The minimum Gasteiger partial charge on any atom is -0.496 e. The molecule has 1 aromatic heterocycles. The zero-order valence-electron chi connectivity index (χ0n) is 11.0. The zero-order valence-corrected chi connectivity index (χ0v) is 11.7. The predicted octanol–water partition coefficient (Wildman–Crippen LogP) is 2.28. The molecule has 0 aliphatic carbocycles. The summed E-state index contributed by atoms with van der Waals surface area (Å²) in [5.74, 6) is 0.0353. The number of nitrogens with one attached hydrogen (secondary N) is 1. The molecule has 0 saturated heterocycles. The number of anilines is 2. The van der Waals surface area contributed by atoms with Crippen LogP contribution < -0.4 is 15.8 Å². The SMILES string of the molecule is COc1cccc(N)c1C(=O)Nc1nc(C)cc(Cl)n1. The summed E-state index contributed by atoms with van der Waals surface area (Å²) in [6, 6.07) is 6.55. The van der Waals surface area contributed by atoms with Crippen LogP contribution in [0.2, 0.25) is 5.15 Å². The van der Waals surface area contributed by atoms with Crippen molar-refractivity contribution in [2.45, 2.75) is 6.92 Å². The Morgan fingerprint density at radius 3 is 2.80 bits per heavy atom. The van der Waals surface area contributed by atoms with Crippen molar-refractivity contribution in [2.75, 3.05) is 18.2 Å². The molecular weight excluding hydrogens is 280 g/mol. The van der Waals surface area contributed by atoms with E-state index in [2.05, 4.69) is 15.3 Å². The second-order valence-electron chi connectivity index (χ2n) is 4.03. The highest BCUT2D eigenvalue weighted by atomic mass is 35.5. The molecule has 1 heterocycles. The molecule has 3 N–H and O–H groups in total. The molecule has 104 valence electrons. The number of nitrogens with zero attached hydrogens (tertiary/aromatic N) is 2. The second-order valence-corrected chi connectivity index (χ2v) is 4.42. The Hall–Kier alpha value is -2.34. The fourth-order valence-corrected chi connectivity index (χ4v) is 1.95. The number of aryl methyl sites for hydroxylation is 1. The van der Waals surface area contributed by atoms with E-state index < -0.39 is 5.91 Å². The molecule has 0 bridgehead atoms. The van der Waals surface area contributed by atoms with E-state index >= 15 is 0 Å². The van der Waals surface area contributed by atoms with E-state index in [1.54, 1.807) is 31.2 Å². The van der Waals surface area contributed by atoms with Gasteiger partial charge < -0.3 is 10.5 Å². The van der Waals surface area contributed by atoms with E-state index in [4.69, 9.17) is 22.1 Å². The number of benzene rings is 1. The summed E-state index contributed by atoms with van der Waals surface area (Å²) >= 11 is 5.82. The third kappa shape index (κ3) is 2.97. The standard InChI is InChI=1S/C13H13ClN4O2/c1-7-6-10(14)17-13(16-7)18-12(19)11-8(15)4-3-5-9(11)20-2/h3-6H,15H2,1-2H3,(H,16,17,18,19). The number of carbonyl (C=O) groups excluding carboxylic acids is 1. The topological polar surface area (TPSA) is 90.1 Å². The van der Waals surface area contributed by atoms with Gasteiger partial charge in [-0.3, -0.25) is 10.1 Å². The Bertz CT molecular complexity index is 641. The van der Waals surface area contributed by atoms with Crippen LogP contribution in [-0.2, 0) is 0 Å². The lowest BCUT2D eigenvalue weighted by molar-refractivity contribution is 0.102. The van der Waals surface area contributed by atoms with Crippen LogP contribution in [0.15, 0.2) is 24.3 Å². The first kappa shape index (κ1) is 14.1. The normalized spacial score (nSPS) is 10.2. The number of amides is 1. The van der Waals surface area contributed by atoms with Crippen molar-refractivity contribution in [1.29, 1.82) is 0 Å². The Kier molecular flexibility index (Phi) is 4.05. The molecule has 0 atom stereocenters. The maximum atomic E-state index is 12.2. The fourth-order valence-electron chi connectivity index (χ4n) is 1.71. The number of hydrogen-bond acceptors (Lipinski definition) is 5. The molecule has 0 fully saturated rings. The molecule has 2 rings (SSSR count). The Morgan fingerprint density at radius 1 is 1.40 bits per heavy atom. The van der Waals surface area contributed by atoms with Crippen LogP contribution in [0, 0.1) is 6.92 Å². The van der Waals surface area contributed by atoms with Gasteiger partial charge in [0.2, 0.25) is 5.95 Å². The fraction of sp³-hybridized carbons (Fsp3) is 0.154. The molecule has 1 amide bonds. The quantitative estimate of drug-likeness (QED) is 0.669. The van der Waals surface area contributed by atoms with Gasteiger partial charge in [0, 0.05) is 11.4 Å². The molecule has 0 unspecified atom stereocenters. The van der Waals surface area contributed by atoms with Crippen LogP contribution in [0.3, 0.4) is 0 Å². The molecule has 1 aromatic carbocycles. The highest BCUT2D eigenvalue weighted by Gasteiger charge is 2.17. The van der Waals surface area contributed by atoms with E-state index in [-0.39, 0.29) is 16.7 Å². The number of aromatic nitrogens is 2. The summed E-state index contributed by atoms with van der Waals surface area (Å²) in [7, 11) is 1.46. The van der Waals surface area contributed by atoms with Crippen LogP contribution in [0.25, 0.3) is 0 Å². The summed E-state index contributed by atoms with van der Waals surface area (Å²) in [6.07, 6.45) is 0. The Labute approximate surface area is 120 Å². The maximum Gasteiger partial charge on any atom is 0.263 e. The largest absolute Gasteiger partial charge is 0.496 e. The first-order chi connectivity index (χ1) is 9.51. The molecule has 0 aliphatic rings. The van der Waals surface area contributed by atoms with Gasteiger partial charge >= 0.3 is 0 Å². The summed E-state index contributed by atoms with van der Waals surface area (Å²) in [6.45, 7) is 1.75. The van der Waals surface area contributed by atoms with E-state index in [0.717, 1.165) is 0 Å². The van der Waals surface area contributed by atoms with Gasteiger partial charge in [-0.2, -0.15) is 0 Å². The van der Waals surface area contributed by atoms with Gasteiger partial charge in [0.05, 0.1) is 7.11 Å². The van der Waals surface area contributed by atoms with Crippen LogP contribution in [0.5, 0.6) is 5.75 Å². The van der Waals surface area contributed by atoms with Crippen molar-refractivity contribution in [3.8, 4) is 5.75 Å². The number of nitrogens with two attached hydrogens (primary N) is 1. The van der Waals surface area contributed by atoms with Crippen molar-refractivity contribution < 1.29 is 9.53 Å². The molecule has 0 aliphatic heterocycles. The number of rotatable bonds is 3. The van der Waals surface area contributed by atoms with Crippen molar-refractivity contribution in [2.24, 2.45) is 0 Å². The minimum absolute atomic E-state index is 0.116. The first-order valence-electron chi connectivity index (χ1n) is 5.76. The van der Waals surface area contributed by atoms with E-state index in [1.807, 2.05) is 0 Å². The number of hydrogen-bond donors (Lipinski definition) is 2. The number of nitrogen functional groups attached to an aromatic ring is 1. The third-order valence-electron chi connectivity index (χ3n) is 2.55. The molecule has 0 radical (unpaired) electrons.